The number of hydroxylamine groups is 2. The quantitative estimate of drug-likeness (QED) is 0.670. The van der Waals surface area contributed by atoms with Gasteiger partial charge in [-0.05, 0) is 49.6 Å². The highest BCUT2D eigenvalue weighted by Gasteiger charge is 2.37. The van der Waals surface area contributed by atoms with Gasteiger partial charge < -0.3 is 19.9 Å². The monoisotopic (exact) mass is 470 g/mol. The molecule has 1 aromatic heterocycles. The molecule has 180 valence electrons. The normalized spacial score (nSPS) is 22.1. The fourth-order valence-corrected chi connectivity index (χ4v) is 4.91. The van der Waals surface area contributed by atoms with Gasteiger partial charge in [-0.2, -0.15) is 0 Å². The zero-order valence-corrected chi connectivity index (χ0v) is 19.2. The van der Waals surface area contributed by atoms with Gasteiger partial charge in [-0.25, -0.2) is 9.45 Å². The number of fused-ring (bicyclic) bond motifs is 1. The van der Waals surface area contributed by atoms with Crippen LogP contribution in [-0.2, 0) is 32.1 Å². The maximum atomic E-state index is 13.6. The van der Waals surface area contributed by atoms with E-state index in [1.54, 1.807) is 24.8 Å². The Morgan fingerprint density at radius 3 is 2.85 bits per heavy atom. The van der Waals surface area contributed by atoms with Crippen LogP contribution in [0.1, 0.15) is 39.3 Å². The molecule has 2 atom stereocenters. The minimum atomic E-state index is -0.756. The van der Waals surface area contributed by atoms with Gasteiger partial charge in [-0.3, -0.25) is 19.2 Å². The third kappa shape index (κ3) is 4.07. The molecular formula is C24H27FN4O5. The van der Waals surface area contributed by atoms with E-state index < -0.39 is 6.04 Å². The number of aromatic nitrogens is 1. The zero-order valence-electron chi connectivity index (χ0n) is 19.2. The van der Waals surface area contributed by atoms with Crippen LogP contribution in [0.5, 0.6) is 0 Å². The Labute approximate surface area is 196 Å². The number of carbonyl (C=O) groups excluding carboxylic acids is 3. The first-order valence-electron chi connectivity index (χ1n) is 11.4. The molecule has 3 aliphatic heterocycles. The van der Waals surface area contributed by atoms with Crippen molar-refractivity contribution in [2.45, 2.75) is 39.3 Å². The molecule has 2 saturated heterocycles. The Morgan fingerprint density at radius 1 is 1.26 bits per heavy atom. The van der Waals surface area contributed by atoms with Crippen molar-refractivity contribution in [3.8, 4) is 0 Å². The van der Waals surface area contributed by atoms with Crippen molar-refractivity contribution < 1.29 is 28.3 Å². The summed E-state index contributed by atoms with van der Waals surface area (Å²) in [5.74, 6) is -0.900. The summed E-state index contributed by atoms with van der Waals surface area (Å²) in [6.07, 6.45) is 1.03. The van der Waals surface area contributed by atoms with Crippen molar-refractivity contribution in [2.24, 2.45) is 5.92 Å². The number of amides is 3. The Bertz CT molecular complexity index is 1160. The molecule has 0 radical (unpaired) electrons. The van der Waals surface area contributed by atoms with E-state index in [4.69, 9.17) is 9.57 Å². The van der Waals surface area contributed by atoms with E-state index in [0.29, 0.717) is 53.5 Å². The molecule has 1 aromatic carbocycles. The number of ether oxygens (including phenoxy) is 1. The molecule has 1 unspecified atom stereocenters. The predicted octanol–water partition coefficient (Wildman–Crippen LogP) is 1.77. The summed E-state index contributed by atoms with van der Waals surface area (Å²) in [6.45, 7) is 5.65. The fraction of sp³-hybridized carbons (Fsp3) is 0.458. The molecule has 0 spiro atoms. The van der Waals surface area contributed by atoms with Crippen LogP contribution in [-0.4, -0.2) is 60.2 Å². The lowest BCUT2D eigenvalue weighted by atomic mass is 10.1. The average molecular weight is 471 g/mol. The number of nitrogens with zero attached hydrogens (tertiary/aromatic N) is 2. The highest BCUT2D eigenvalue weighted by molar-refractivity contribution is 6.02. The van der Waals surface area contributed by atoms with Crippen molar-refractivity contribution in [3.05, 3.63) is 52.1 Å². The Hall–Kier alpha value is -3.24. The average Bonchev–Trinajstić information content (AvgIpc) is 3.54. The van der Waals surface area contributed by atoms with Crippen molar-refractivity contribution in [2.75, 3.05) is 31.3 Å². The largest absolute Gasteiger partial charge is 0.381 e. The Morgan fingerprint density at radius 2 is 2.09 bits per heavy atom. The number of H-pyrrole nitrogens is 1. The predicted molar refractivity (Wildman–Crippen MR) is 119 cm³/mol. The number of nitrogens with one attached hydrogen (secondary N) is 2. The Kier molecular flexibility index (Phi) is 5.86. The van der Waals surface area contributed by atoms with Crippen LogP contribution in [0.3, 0.4) is 0 Å². The van der Waals surface area contributed by atoms with Gasteiger partial charge in [0.05, 0.1) is 31.7 Å². The van der Waals surface area contributed by atoms with Crippen molar-refractivity contribution in [1.29, 1.82) is 0 Å². The molecule has 0 saturated carbocycles. The second-order valence-electron chi connectivity index (χ2n) is 9.11. The van der Waals surface area contributed by atoms with Crippen LogP contribution in [0.25, 0.3) is 0 Å². The minimum Gasteiger partial charge on any atom is -0.381 e. The topological polar surface area (TPSA) is 104 Å². The van der Waals surface area contributed by atoms with Crippen molar-refractivity contribution in [1.82, 2.24) is 15.4 Å². The number of rotatable bonds is 6. The van der Waals surface area contributed by atoms with Crippen LogP contribution in [0.4, 0.5) is 10.1 Å². The summed E-state index contributed by atoms with van der Waals surface area (Å²) in [7, 11) is 0. The van der Waals surface area contributed by atoms with Crippen LogP contribution in [0, 0.1) is 25.6 Å². The molecule has 10 heteroatoms. The molecule has 34 heavy (non-hydrogen) atoms. The van der Waals surface area contributed by atoms with Gasteiger partial charge in [0.1, 0.15) is 18.5 Å². The second-order valence-corrected chi connectivity index (χ2v) is 9.11. The van der Waals surface area contributed by atoms with Crippen LogP contribution in [0.2, 0.25) is 0 Å². The lowest BCUT2D eigenvalue weighted by Crippen LogP contribution is -2.43. The molecule has 2 fully saturated rings. The summed E-state index contributed by atoms with van der Waals surface area (Å²) in [5.41, 5.74) is 3.82. The molecule has 0 bridgehead atoms. The molecular weight excluding hydrogens is 443 g/mol. The number of hydrogen-bond donors (Lipinski definition) is 2. The summed E-state index contributed by atoms with van der Waals surface area (Å²) in [5, 5.41) is 4.12. The van der Waals surface area contributed by atoms with Crippen LogP contribution in [0.15, 0.2) is 18.2 Å². The van der Waals surface area contributed by atoms with E-state index in [2.05, 4.69) is 10.3 Å². The molecule has 9 nitrogen and oxygen atoms in total. The molecule has 3 aliphatic rings. The van der Waals surface area contributed by atoms with Gasteiger partial charge >= 0.3 is 0 Å². The molecule has 5 rings (SSSR count). The number of carbonyl (C=O) groups is 3. The first-order valence-corrected chi connectivity index (χ1v) is 11.4. The minimum absolute atomic E-state index is 0.0865. The van der Waals surface area contributed by atoms with Crippen molar-refractivity contribution >= 4 is 23.4 Å². The van der Waals surface area contributed by atoms with E-state index in [1.807, 2.05) is 0 Å². The van der Waals surface area contributed by atoms with E-state index in [1.165, 1.54) is 17.2 Å². The van der Waals surface area contributed by atoms with E-state index in [0.717, 1.165) is 6.42 Å². The maximum absolute atomic E-state index is 13.6. The lowest BCUT2D eigenvalue weighted by molar-refractivity contribution is -0.164. The van der Waals surface area contributed by atoms with E-state index >= 15 is 0 Å². The van der Waals surface area contributed by atoms with Crippen molar-refractivity contribution in [3.63, 3.8) is 0 Å². The number of aromatic amines is 1. The number of aryl methyl sites for hydroxylation is 1. The summed E-state index contributed by atoms with van der Waals surface area (Å²) < 4.78 is 18.9. The Balaban J connectivity index is 1.27. The van der Waals surface area contributed by atoms with E-state index in [-0.39, 0.29) is 49.0 Å². The number of halogens is 1. The standard InChI is InChI=1S/C24H27FN4O5/c1-13-18(10-28-20-4-3-17(25)7-16(20)8-21(28)30)26-14(2)22(13)23(31)27-19-12-34-29(24(19)32)9-15-5-6-33-11-15/h3-4,7,15,19,26H,5-6,8-12H2,1-2H3,(H,27,31)/t15-,19?/m1/s1. The first kappa shape index (κ1) is 22.5. The van der Waals surface area contributed by atoms with Gasteiger partial charge in [0.15, 0.2) is 0 Å². The lowest BCUT2D eigenvalue weighted by Gasteiger charge is -2.18. The van der Waals surface area contributed by atoms with Gasteiger partial charge in [0, 0.05) is 29.6 Å². The van der Waals surface area contributed by atoms with E-state index in [9.17, 15) is 18.8 Å². The second kappa shape index (κ2) is 8.84. The van der Waals surface area contributed by atoms with Gasteiger partial charge in [0.25, 0.3) is 11.8 Å². The summed E-state index contributed by atoms with van der Waals surface area (Å²) in [4.78, 5) is 48.7. The number of hydrogen-bond acceptors (Lipinski definition) is 5. The SMILES string of the molecule is Cc1[nH]c(CN2C(=O)Cc3cc(F)ccc32)c(C)c1C(=O)NC1CON(C[C@H]2CCOC2)C1=O. The highest BCUT2D eigenvalue weighted by Crippen LogP contribution is 2.32. The molecule has 3 amide bonds. The smallest absolute Gasteiger partial charge is 0.271 e. The molecule has 2 aromatic rings. The third-order valence-corrected chi connectivity index (χ3v) is 6.75. The molecule has 2 N–H and O–H groups in total. The van der Waals surface area contributed by atoms with Gasteiger partial charge in [-0.15, -0.1) is 0 Å². The van der Waals surface area contributed by atoms with Gasteiger partial charge in [0.2, 0.25) is 5.91 Å². The zero-order chi connectivity index (χ0) is 24.0. The number of benzene rings is 1. The van der Waals surface area contributed by atoms with Crippen LogP contribution < -0.4 is 10.2 Å². The van der Waals surface area contributed by atoms with Gasteiger partial charge in [-0.1, -0.05) is 0 Å². The highest BCUT2D eigenvalue weighted by atomic mass is 19.1. The van der Waals surface area contributed by atoms with Crippen LogP contribution >= 0.6 is 0 Å². The fourth-order valence-electron chi connectivity index (χ4n) is 4.91. The first-order chi connectivity index (χ1) is 16.3. The summed E-state index contributed by atoms with van der Waals surface area (Å²) >= 11 is 0. The third-order valence-electron chi connectivity index (χ3n) is 6.75. The molecule has 0 aliphatic carbocycles. The summed E-state index contributed by atoms with van der Waals surface area (Å²) in [6, 6.07) is 3.56. The molecule has 4 heterocycles. The maximum Gasteiger partial charge on any atom is 0.271 e. The number of anilines is 1.